The summed E-state index contributed by atoms with van der Waals surface area (Å²) in [6.45, 7) is 4.82. The number of benzene rings is 1. The van der Waals surface area contributed by atoms with Crippen LogP contribution in [0, 0.1) is 0 Å². The van der Waals surface area contributed by atoms with Gasteiger partial charge in [0.15, 0.2) is 22.7 Å². The number of Topliss-reactive ketones (excluding diaryl/α,β-unsaturated/α-hetero) is 1. The van der Waals surface area contributed by atoms with Crippen LogP contribution in [0.2, 0.25) is 0 Å². The van der Waals surface area contributed by atoms with Crippen molar-refractivity contribution in [2.75, 3.05) is 0 Å². The Bertz CT molecular complexity index is 839. The summed E-state index contributed by atoms with van der Waals surface area (Å²) in [6, 6.07) is 1.90. The van der Waals surface area contributed by atoms with E-state index >= 15 is 0 Å². The molecule has 1 aromatic carbocycles. The van der Waals surface area contributed by atoms with E-state index < -0.39 is 59.0 Å². The molecule has 1 atom stereocenters. The number of aromatic hydroxyl groups is 2. The minimum Gasteiger partial charge on any atom is -0.504 e. The molecule has 11 heteroatoms. The first kappa shape index (κ1) is 23.8. The van der Waals surface area contributed by atoms with E-state index in [2.05, 4.69) is 4.74 Å². The molecule has 168 valence electrons. The van der Waals surface area contributed by atoms with Crippen molar-refractivity contribution >= 4 is 11.8 Å². The number of ketones is 1. The SMILES string of the molecule is CC(C)(C)c1cc(C2(C(=O)OC(C(F)(F)F)C(F)(F)F)CCCC2=O)cc(O)c1O. The maximum absolute atomic E-state index is 12.9. The summed E-state index contributed by atoms with van der Waals surface area (Å²) in [7, 11) is 0. The first-order valence-electron chi connectivity index (χ1n) is 8.87. The third-order valence-electron chi connectivity index (χ3n) is 4.99. The third-order valence-corrected chi connectivity index (χ3v) is 4.99. The molecule has 1 fully saturated rings. The Kier molecular flexibility index (Phi) is 5.83. The number of rotatable bonds is 3. The fourth-order valence-corrected chi connectivity index (χ4v) is 3.47. The van der Waals surface area contributed by atoms with Gasteiger partial charge in [0.05, 0.1) is 0 Å². The molecule has 2 N–H and O–H groups in total. The number of hydrogen-bond donors (Lipinski definition) is 2. The molecule has 0 spiro atoms. The molecule has 0 heterocycles. The first-order chi connectivity index (χ1) is 13.4. The molecule has 1 aliphatic rings. The van der Waals surface area contributed by atoms with Crippen molar-refractivity contribution in [2.45, 2.75) is 69.3 Å². The summed E-state index contributed by atoms with van der Waals surface area (Å²) >= 11 is 0. The summed E-state index contributed by atoms with van der Waals surface area (Å²) < 4.78 is 81.1. The quantitative estimate of drug-likeness (QED) is 0.313. The molecule has 5 nitrogen and oxygen atoms in total. The van der Waals surface area contributed by atoms with Gasteiger partial charge in [-0.05, 0) is 36.0 Å². The van der Waals surface area contributed by atoms with Gasteiger partial charge in [0.25, 0.3) is 6.10 Å². The highest BCUT2D eigenvalue weighted by atomic mass is 19.4. The molecule has 30 heavy (non-hydrogen) atoms. The second-order valence-corrected chi connectivity index (χ2v) is 8.19. The molecule has 1 aliphatic carbocycles. The number of ether oxygens (including phenoxy) is 1. The van der Waals surface area contributed by atoms with Crippen LogP contribution >= 0.6 is 0 Å². The van der Waals surface area contributed by atoms with Crippen LogP contribution in [0.1, 0.15) is 51.2 Å². The van der Waals surface area contributed by atoms with E-state index in [0.717, 1.165) is 12.1 Å². The van der Waals surface area contributed by atoms with Crippen LogP contribution in [-0.2, 0) is 25.2 Å². The zero-order valence-electron chi connectivity index (χ0n) is 16.2. The lowest BCUT2D eigenvalue weighted by Crippen LogP contribution is -2.50. The first-order valence-corrected chi connectivity index (χ1v) is 8.87. The van der Waals surface area contributed by atoms with E-state index in [4.69, 9.17) is 0 Å². The molecule has 1 saturated carbocycles. The smallest absolute Gasteiger partial charge is 0.434 e. The number of phenols is 2. The predicted octanol–water partition coefficient (Wildman–Crippen LogP) is 4.42. The lowest BCUT2D eigenvalue weighted by molar-refractivity contribution is -0.314. The number of esters is 1. The van der Waals surface area contributed by atoms with Gasteiger partial charge in [-0.3, -0.25) is 9.59 Å². The van der Waals surface area contributed by atoms with E-state index in [1.165, 1.54) is 0 Å². The summed E-state index contributed by atoms with van der Waals surface area (Å²) in [6.07, 6.45) is -16.9. The highest BCUT2D eigenvalue weighted by Gasteiger charge is 2.62. The lowest BCUT2D eigenvalue weighted by Gasteiger charge is -2.31. The molecule has 0 aromatic heterocycles. The van der Waals surface area contributed by atoms with Crippen LogP contribution in [0.3, 0.4) is 0 Å². The second kappa shape index (κ2) is 7.35. The van der Waals surface area contributed by atoms with Crippen LogP contribution in [0.5, 0.6) is 11.5 Å². The Labute approximate surface area is 167 Å². The van der Waals surface area contributed by atoms with Crippen molar-refractivity contribution in [3.8, 4) is 11.5 Å². The molecular formula is C19H20F6O5. The Morgan fingerprint density at radius 3 is 2.00 bits per heavy atom. The van der Waals surface area contributed by atoms with Gasteiger partial charge in [0, 0.05) is 12.0 Å². The van der Waals surface area contributed by atoms with Gasteiger partial charge in [-0.15, -0.1) is 0 Å². The topological polar surface area (TPSA) is 83.8 Å². The molecule has 0 saturated heterocycles. The van der Waals surface area contributed by atoms with Crippen LogP contribution in [0.15, 0.2) is 12.1 Å². The van der Waals surface area contributed by atoms with Crippen molar-refractivity contribution < 1.29 is 50.9 Å². The van der Waals surface area contributed by atoms with Crippen molar-refractivity contribution in [1.29, 1.82) is 0 Å². The van der Waals surface area contributed by atoms with Crippen LogP contribution in [0.4, 0.5) is 26.3 Å². The average molecular weight is 442 g/mol. The second-order valence-electron chi connectivity index (χ2n) is 8.19. The van der Waals surface area contributed by atoms with Gasteiger partial charge in [0.2, 0.25) is 0 Å². The molecule has 0 bridgehead atoms. The van der Waals surface area contributed by atoms with E-state index in [9.17, 15) is 46.1 Å². The van der Waals surface area contributed by atoms with Gasteiger partial charge >= 0.3 is 18.3 Å². The number of hydrogen-bond acceptors (Lipinski definition) is 5. The van der Waals surface area contributed by atoms with E-state index in [0.29, 0.717) is 0 Å². The number of carbonyl (C=O) groups excluding carboxylic acids is 2. The van der Waals surface area contributed by atoms with Gasteiger partial charge in [-0.1, -0.05) is 20.8 Å². The Morgan fingerprint density at radius 2 is 1.60 bits per heavy atom. The summed E-state index contributed by atoms with van der Waals surface area (Å²) in [5.74, 6) is -4.29. The molecule has 0 aliphatic heterocycles. The van der Waals surface area contributed by atoms with Crippen LogP contribution in [0.25, 0.3) is 0 Å². The Balaban J connectivity index is 2.65. The van der Waals surface area contributed by atoms with Crippen molar-refractivity contribution in [1.82, 2.24) is 0 Å². The highest BCUT2D eigenvalue weighted by molar-refractivity contribution is 6.11. The molecule has 1 unspecified atom stereocenters. The Morgan fingerprint density at radius 1 is 1.07 bits per heavy atom. The van der Waals surface area contributed by atoms with Gasteiger partial charge in [-0.25, -0.2) is 0 Å². The maximum atomic E-state index is 12.9. The fraction of sp³-hybridized carbons (Fsp3) is 0.579. The zero-order valence-corrected chi connectivity index (χ0v) is 16.2. The number of halogens is 6. The average Bonchev–Trinajstić information content (AvgIpc) is 2.94. The molecular weight excluding hydrogens is 422 g/mol. The largest absolute Gasteiger partial charge is 0.504 e. The molecule has 0 amide bonds. The minimum atomic E-state index is -5.94. The van der Waals surface area contributed by atoms with E-state index in [-0.39, 0.29) is 24.0 Å². The zero-order chi connectivity index (χ0) is 23.3. The summed E-state index contributed by atoms with van der Waals surface area (Å²) in [4.78, 5) is 25.2. The summed E-state index contributed by atoms with van der Waals surface area (Å²) in [5.41, 5.74) is -3.59. The van der Waals surface area contributed by atoms with Gasteiger partial charge in [-0.2, -0.15) is 26.3 Å². The van der Waals surface area contributed by atoms with Crippen LogP contribution < -0.4 is 0 Å². The van der Waals surface area contributed by atoms with Crippen molar-refractivity contribution in [3.63, 3.8) is 0 Å². The normalized spacial score (nSPS) is 20.7. The molecule has 1 aromatic rings. The fourth-order valence-electron chi connectivity index (χ4n) is 3.47. The van der Waals surface area contributed by atoms with E-state index in [1.54, 1.807) is 20.8 Å². The number of alkyl halides is 6. The maximum Gasteiger partial charge on any atom is 0.434 e. The van der Waals surface area contributed by atoms with Crippen LogP contribution in [-0.4, -0.2) is 40.4 Å². The van der Waals surface area contributed by atoms with Gasteiger partial charge in [0.1, 0.15) is 0 Å². The monoisotopic (exact) mass is 442 g/mol. The number of phenolic OH excluding ortho intramolecular Hbond substituents is 2. The number of carbonyl (C=O) groups is 2. The van der Waals surface area contributed by atoms with Crippen molar-refractivity contribution in [3.05, 3.63) is 23.3 Å². The standard InChI is InChI=1S/C19H20F6O5/c1-16(2,3)10-7-9(8-11(26)13(10)28)17(6-4-5-12(17)27)15(29)30-14(18(20,21)22)19(23,24)25/h7-8,14,26,28H,4-6H2,1-3H3. The third kappa shape index (κ3) is 4.20. The van der Waals surface area contributed by atoms with E-state index in [1.807, 2.05) is 0 Å². The molecule has 0 radical (unpaired) electrons. The Hall–Kier alpha value is -2.46. The van der Waals surface area contributed by atoms with Gasteiger partial charge < -0.3 is 14.9 Å². The summed E-state index contributed by atoms with van der Waals surface area (Å²) in [5, 5.41) is 20.2. The predicted molar refractivity (Wildman–Crippen MR) is 91.0 cm³/mol. The highest BCUT2D eigenvalue weighted by Crippen LogP contribution is 2.47. The molecule has 2 rings (SSSR count). The lowest BCUT2D eigenvalue weighted by atomic mass is 9.75. The minimum absolute atomic E-state index is 0.0170. The van der Waals surface area contributed by atoms with Crippen molar-refractivity contribution in [2.24, 2.45) is 0 Å².